The summed E-state index contributed by atoms with van der Waals surface area (Å²) in [5.41, 5.74) is 3.01. The lowest BCUT2D eigenvalue weighted by Crippen LogP contribution is -2.24. The van der Waals surface area contributed by atoms with E-state index >= 15 is 0 Å². The van der Waals surface area contributed by atoms with Gasteiger partial charge in [0.05, 0.1) is 23.9 Å². The zero-order chi connectivity index (χ0) is 11.8. The first kappa shape index (κ1) is 13.6. The fourth-order valence-corrected chi connectivity index (χ4v) is 2.22. The first-order chi connectivity index (χ1) is 7.74. The van der Waals surface area contributed by atoms with Gasteiger partial charge in [-0.1, -0.05) is 0 Å². The van der Waals surface area contributed by atoms with Gasteiger partial charge in [-0.2, -0.15) is 0 Å². The standard InChI is InChI=1S/C11H20N2O2S/c1-9-11(16-8-13-9)4-6-12-5-3-10(14)7-15-2/h8,10,12,14H,3-7H2,1-2H3. The van der Waals surface area contributed by atoms with Gasteiger partial charge in [-0.3, -0.25) is 0 Å². The molecular weight excluding hydrogens is 224 g/mol. The molecule has 5 heteroatoms. The molecule has 1 heterocycles. The van der Waals surface area contributed by atoms with Gasteiger partial charge in [-0.05, 0) is 26.3 Å². The Bertz CT molecular complexity index is 291. The van der Waals surface area contributed by atoms with Crippen LogP contribution >= 0.6 is 11.3 Å². The second kappa shape index (κ2) is 7.73. The molecule has 92 valence electrons. The molecule has 1 rings (SSSR count). The molecule has 1 atom stereocenters. The number of hydrogen-bond donors (Lipinski definition) is 2. The molecule has 0 aliphatic carbocycles. The van der Waals surface area contributed by atoms with E-state index in [-0.39, 0.29) is 6.10 Å². The van der Waals surface area contributed by atoms with E-state index in [2.05, 4.69) is 10.3 Å². The van der Waals surface area contributed by atoms with Crippen LogP contribution in [-0.2, 0) is 11.2 Å². The highest BCUT2D eigenvalue weighted by Gasteiger charge is 2.03. The quantitative estimate of drug-likeness (QED) is 0.669. The molecule has 16 heavy (non-hydrogen) atoms. The van der Waals surface area contributed by atoms with Crippen LogP contribution in [0.15, 0.2) is 5.51 Å². The summed E-state index contributed by atoms with van der Waals surface area (Å²) in [5.74, 6) is 0. The van der Waals surface area contributed by atoms with Gasteiger partial charge >= 0.3 is 0 Å². The first-order valence-electron chi connectivity index (χ1n) is 5.50. The van der Waals surface area contributed by atoms with Crippen molar-refractivity contribution in [1.29, 1.82) is 0 Å². The average molecular weight is 244 g/mol. The molecule has 1 aromatic heterocycles. The molecule has 1 aromatic rings. The van der Waals surface area contributed by atoms with Gasteiger partial charge in [-0.25, -0.2) is 4.98 Å². The zero-order valence-corrected chi connectivity index (χ0v) is 10.7. The highest BCUT2D eigenvalue weighted by Crippen LogP contribution is 2.11. The zero-order valence-electron chi connectivity index (χ0n) is 9.90. The van der Waals surface area contributed by atoms with Crippen molar-refractivity contribution in [2.24, 2.45) is 0 Å². The molecule has 4 nitrogen and oxygen atoms in total. The predicted octanol–water partition coefficient (Wildman–Crippen LogP) is 0.981. The van der Waals surface area contributed by atoms with Crippen molar-refractivity contribution in [2.45, 2.75) is 25.9 Å². The number of methoxy groups -OCH3 is 1. The Hall–Kier alpha value is -0.490. The Morgan fingerprint density at radius 1 is 1.56 bits per heavy atom. The van der Waals surface area contributed by atoms with E-state index in [1.165, 1.54) is 4.88 Å². The van der Waals surface area contributed by atoms with Gasteiger partial charge < -0.3 is 15.2 Å². The van der Waals surface area contributed by atoms with Crippen molar-refractivity contribution in [3.8, 4) is 0 Å². The Morgan fingerprint density at radius 2 is 2.38 bits per heavy atom. The van der Waals surface area contributed by atoms with E-state index in [1.807, 2.05) is 12.4 Å². The highest BCUT2D eigenvalue weighted by molar-refractivity contribution is 7.09. The van der Waals surface area contributed by atoms with Crippen LogP contribution in [0.3, 0.4) is 0 Å². The van der Waals surface area contributed by atoms with E-state index in [4.69, 9.17) is 4.74 Å². The summed E-state index contributed by atoms with van der Waals surface area (Å²) in [6.07, 6.45) is 1.38. The summed E-state index contributed by atoms with van der Waals surface area (Å²) in [5, 5.41) is 12.7. The summed E-state index contributed by atoms with van der Waals surface area (Å²) in [6, 6.07) is 0. The van der Waals surface area contributed by atoms with E-state index in [0.717, 1.165) is 31.6 Å². The van der Waals surface area contributed by atoms with Gasteiger partial charge in [0.15, 0.2) is 0 Å². The van der Waals surface area contributed by atoms with Crippen LogP contribution in [0, 0.1) is 6.92 Å². The average Bonchev–Trinajstić information content (AvgIpc) is 2.64. The summed E-state index contributed by atoms with van der Waals surface area (Å²) in [7, 11) is 1.60. The molecule has 0 amide bonds. The number of hydrogen-bond acceptors (Lipinski definition) is 5. The molecule has 0 radical (unpaired) electrons. The lowest BCUT2D eigenvalue weighted by molar-refractivity contribution is 0.0595. The third-order valence-electron chi connectivity index (χ3n) is 2.39. The van der Waals surface area contributed by atoms with Gasteiger partial charge in [0.1, 0.15) is 0 Å². The topological polar surface area (TPSA) is 54.4 Å². The summed E-state index contributed by atoms with van der Waals surface area (Å²) in [6.45, 7) is 4.20. The van der Waals surface area contributed by atoms with Crippen molar-refractivity contribution >= 4 is 11.3 Å². The molecule has 0 aliphatic rings. The molecule has 0 fully saturated rings. The van der Waals surface area contributed by atoms with Crippen LogP contribution in [0.25, 0.3) is 0 Å². The summed E-state index contributed by atoms with van der Waals surface area (Å²) in [4.78, 5) is 5.54. The Balaban J connectivity index is 2.02. The van der Waals surface area contributed by atoms with Crippen LogP contribution in [-0.4, -0.2) is 43.0 Å². The maximum absolute atomic E-state index is 9.40. The number of nitrogens with one attached hydrogen (secondary N) is 1. The number of aryl methyl sites for hydroxylation is 1. The predicted molar refractivity (Wildman–Crippen MR) is 65.9 cm³/mol. The number of aromatic nitrogens is 1. The number of rotatable bonds is 8. The maximum Gasteiger partial charge on any atom is 0.0797 e. The van der Waals surface area contributed by atoms with E-state index in [0.29, 0.717) is 6.61 Å². The molecule has 2 N–H and O–H groups in total. The number of nitrogens with zero attached hydrogens (tertiary/aromatic N) is 1. The molecule has 0 aromatic carbocycles. The summed E-state index contributed by atoms with van der Waals surface area (Å²) >= 11 is 1.70. The Labute approximate surface area is 101 Å². The van der Waals surface area contributed by atoms with Crippen molar-refractivity contribution in [1.82, 2.24) is 10.3 Å². The van der Waals surface area contributed by atoms with Crippen LogP contribution in [0.2, 0.25) is 0 Å². The van der Waals surface area contributed by atoms with E-state index < -0.39 is 0 Å². The third kappa shape index (κ3) is 5.03. The van der Waals surface area contributed by atoms with Crippen molar-refractivity contribution in [3.05, 3.63) is 16.1 Å². The Kier molecular flexibility index (Phi) is 6.56. The lowest BCUT2D eigenvalue weighted by Gasteiger charge is -2.09. The molecule has 0 spiro atoms. The van der Waals surface area contributed by atoms with E-state index in [9.17, 15) is 5.11 Å². The minimum absolute atomic E-state index is 0.359. The minimum Gasteiger partial charge on any atom is -0.391 e. The molecule has 0 saturated carbocycles. The smallest absolute Gasteiger partial charge is 0.0797 e. The van der Waals surface area contributed by atoms with Crippen molar-refractivity contribution in [3.63, 3.8) is 0 Å². The van der Waals surface area contributed by atoms with Crippen LogP contribution < -0.4 is 5.32 Å². The first-order valence-corrected chi connectivity index (χ1v) is 6.38. The number of aliphatic hydroxyl groups excluding tert-OH is 1. The van der Waals surface area contributed by atoms with Gasteiger partial charge in [0.2, 0.25) is 0 Å². The second-order valence-corrected chi connectivity index (χ2v) is 4.70. The third-order valence-corrected chi connectivity index (χ3v) is 3.38. The molecular formula is C11H20N2O2S. The number of aliphatic hydroxyl groups is 1. The van der Waals surface area contributed by atoms with Gasteiger partial charge in [-0.15, -0.1) is 11.3 Å². The maximum atomic E-state index is 9.40. The Morgan fingerprint density at radius 3 is 3.00 bits per heavy atom. The summed E-state index contributed by atoms with van der Waals surface area (Å²) < 4.78 is 4.85. The highest BCUT2D eigenvalue weighted by atomic mass is 32.1. The number of thiazole rings is 1. The van der Waals surface area contributed by atoms with Crippen LogP contribution in [0.1, 0.15) is 17.0 Å². The van der Waals surface area contributed by atoms with Crippen LogP contribution in [0.5, 0.6) is 0 Å². The van der Waals surface area contributed by atoms with Crippen molar-refractivity contribution in [2.75, 3.05) is 26.8 Å². The normalized spacial score (nSPS) is 12.9. The largest absolute Gasteiger partial charge is 0.391 e. The molecule has 0 aliphatic heterocycles. The number of ether oxygens (including phenoxy) is 1. The second-order valence-electron chi connectivity index (χ2n) is 3.76. The minimum atomic E-state index is -0.359. The monoisotopic (exact) mass is 244 g/mol. The molecule has 0 bridgehead atoms. The molecule has 1 unspecified atom stereocenters. The SMILES string of the molecule is COCC(O)CCNCCc1scnc1C. The fraction of sp³-hybridized carbons (Fsp3) is 0.727. The fourth-order valence-electron chi connectivity index (χ4n) is 1.44. The van der Waals surface area contributed by atoms with Gasteiger partial charge in [0.25, 0.3) is 0 Å². The van der Waals surface area contributed by atoms with Crippen molar-refractivity contribution < 1.29 is 9.84 Å². The van der Waals surface area contributed by atoms with E-state index in [1.54, 1.807) is 18.4 Å². The molecule has 0 saturated heterocycles. The van der Waals surface area contributed by atoms with Gasteiger partial charge in [0, 0.05) is 18.5 Å². The van der Waals surface area contributed by atoms with Crippen LogP contribution in [0.4, 0.5) is 0 Å². The lowest BCUT2D eigenvalue weighted by atomic mass is 10.2.